The van der Waals surface area contributed by atoms with Crippen molar-refractivity contribution in [3.05, 3.63) is 82.2 Å². The van der Waals surface area contributed by atoms with Gasteiger partial charge in [-0.3, -0.25) is 14.9 Å². The lowest BCUT2D eigenvalue weighted by molar-refractivity contribution is -0.384. The Hall–Kier alpha value is -3.94. The maximum atomic E-state index is 13.6. The number of hydrogen-bond donors (Lipinski definition) is 1. The van der Waals surface area contributed by atoms with Gasteiger partial charge in [-0.15, -0.1) is 0 Å². The molecule has 0 unspecified atom stereocenters. The molecular formula is C22H19FN2O5. The van der Waals surface area contributed by atoms with Gasteiger partial charge in [-0.05, 0) is 48.4 Å². The summed E-state index contributed by atoms with van der Waals surface area (Å²) in [6.45, 7) is 1.27. The van der Waals surface area contributed by atoms with Crippen LogP contribution in [0.1, 0.15) is 5.56 Å². The van der Waals surface area contributed by atoms with Gasteiger partial charge in [-0.1, -0.05) is 18.2 Å². The van der Waals surface area contributed by atoms with Crippen LogP contribution >= 0.6 is 0 Å². The minimum absolute atomic E-state index is 0.104. The van der Waals surface area contributed by atoms with E-state index in [-0.39, 0.29) is 12.3 Å². The highest BCUT2D eigenvalue weighted by molar-refractivity contribution is 5.92. The van der Waals surface area contributed by atoms with Gasteiger partial charge < -0.3 is 14.8 Å². The van der Waals surface area contributed by atoms with Crippen LogP contribution in [-0.2, 0) is 4.79 Å². The van der Waals surface area contributed by atoms with Crippen LogP contribution in [0.3, 0.4) is 0 Å². The molecule has 0 saturated carbocycles. The van der Waals surface area contributed by atoms with Crippen molar-refractivity contribution in [1.82, 2.24) is 0 Å². The fourth-order valence-electron chi connectivity index (χ4n) is 2.76. The fraction of sp³-hybridized carbons (Fsp3) is 0.136. The summed E-state index contributed by atoms with van der Waals surface area (Å²) >= 11 is 0. The first-order chi connectivity index (χ1) is 14.4. The van der Waals surface area contributed by atoms with E-state index in [1.165, 1.54) is 31.4 Å². The van der Waals surface area contributed by atoms with Crippen LogP contribution in [0, 0.1) is 22.9 Å². The number of non-ortho nitro benzene ring substituents is 1. The number of nitro groups is 1. The smallest absolute Gasteiger partial charge is 0.270 e. The largest absolute Gasteiger partial charge is 0.497 e. The number of ether oxygens (including phenoxy) is 2. The number of amides is 1. The molecule has 0 aliphatic rings. The molecule has 3 aromatic rings. The van der Waals surface area contributed by atoms with Crippen molar-refractivity contribution >= 4 is 17.3 Å². The van der Waals surface area contributed by atoms with Gasteiger partial charge in [0.15, 0.2) is 6.61 Å². The average Bonchev–Trinajstić information content (AvgIpc) is 2.75. The molecular weight excluding hydrogens is 391 g/mol. The first-order valence-electron chi connectivity index (χ1n) is 8.99. The average molecular weight is 410 g/mol. The van der Waals surface area contributed by atoms with Gasteiger partial charge in [0.25, 0.3) is 11.6 Å². The Morgan fingerprint density at radius 3 is 2.47 bits per heavy atom. The second kappa shape index (κ2) is 9.04. The summed E-state index contributed by atoms with van der Waals surface area (Å²) in [7, 11) is 1.54. The topological polar surface area (TPSA) is 90.7 Å². The van der Waals surface area contributed by atoms with E-state index in [1.54, 1.807) is 43.3 Å². The Balaban J connectivity index is 1.79. The molecule has 0 spiro atoms. The zero-order chi connectivity index (χ0) is 21.7. The summed E-state index contributed by atoms with van der Waals surface area (Å²) in [6, 6.07) is 15.4. The zero-order valence-electron chi connectivity index (χ0n) is 16.3. The third-order valence-electron chi connectivity index (χ3n) is 4.39. The van der Waals surface area contributed by atoms with Crippen LogP contribution < -0.4 is 14.8 Å². The number of rotatable bonds is 7. The van der Waals surface area contributed by atoms with E-state index in [2.05, 4.69) is 5.32 Å². The molecule has 3 aromatic carbocycles. The summed E-state index contributed by atoms with van der Waals surface area (Å²) < 4.78 is 24.4. The maximum absolute atomic E-state index is 13.6. The molecule has 154 valence electrons. The van der Waals surface area contributed by atoms with Crippen LogP contribution in [0.25, 0.3) is 11.1 Å². The van der Waals surface area contributed by atoms with E-state index in [0.717, 1.165) is 0 Å². The van der Waals surface area contributed by atoms with E-state index in [9.17, 15) is 19.3 Å². The van der Waals surface area contributed by atoms with Gasteiger partial charge in [0.2, 0.25) is 0 Å². The Morgan fingerprint density at radius 2 is 1.83 bits per heavy atom. The third-order valence-corrected chi connectivity index (χ3v) is 4.39. The number of aryl methyl sites for hydroxylation is 1. The van der Waals surface area contributed by atoms with Gasteiger partial charge in [0.1, 0.15) is 17.3 Å². The summed E-state index contributed by atoms with van der Waals surface area (Å²) in [4.78, 5) is 22.9. The molecule has 0 aliphatic carbocycles. The van der Waals surface area contributed by atoms with Crippen molar-refractivity contribution in [3.8, 4) is 22.6 Å². The van der Waals surface area contributed by atoms with E-state index < -0.39 is 16.6 Å². The number of halogens is 1. The van der Waals surface area contributed by atoms with Crippen LogP contribution in [0.15, 0.2) is 60.7 Å². The second-order valence-electron chi connectivity index (χ2n) is 6.47. The molecule has 0 bridgehead atoms. The SMILES string of the molecule is COc1ccc(-c2cc([N+](=O)[O-])ccc2OCC(=O)Nc2ccc(C)c(F)c2)cc1. The number of nitro benzene ring substituents is 1. The van der Waals surface area contributed by atoms with Crippen LogP contribution in [-0.4, -0.2) is 24.5 Å². The predicted octanol–water partition coefficient (Wildman–Crippen LogP) is 4.74. The quantitative estimate of drug-likeness (QED) is 0.449. The molecule has 30 heavy (non-hydrogen) atoms. The zero-order valence-corrected chi connectivity index (χ0v) is 16.3. The Morgan fingerprint density at radius 1 is 1.10 bits per heavy atom. The molecule has 7 nitrogen and oxygen atoms in total. The predicted molar refractivity (Wildman–Crippen MR) is 110 cm³/mol. The Kier molecular flexibility index (Phi) is 6.26. The van der Waals surface area contributed by atoms with Crippen LogP contribution in [0.2, 0.25) is 0 Å². The summed E-state index contributed by atoms with van der Waals surface area (Å²) in [5.41, 5.74) is 1.80. The van der Waals surface area contributed by atoms with Crippen molar-refractivity contribution < 1.29 is 23.6 Å². The third kappa shape index (κ3) is 4.91. The molecule has 0 saturated heterocycles. The summed E-state index contributed by atoms with van der Waals surface area (Å²) in [6.07, 6.45) is 0. The van der Waals surface area contributed by atoms with Gasteiger partial charge in [-0.2, -0.15) is 0 Å². The highest BCUT2D eigenvalue weighted by Gasteiger charge is 2.15. The van der Waals surface area contributed by atoms with E-state index >= 15 is 0 Å². The van der Waals surface area contributed by atoms with Crippen molar-refractivity contribution in [2.75, 3.05) is 19.0 Å². The van der Waals surface area contributed by atoms with Crippen molar-refractivity contribution in [2.45, 2.75) is 6.92 Å². The van der Waals surface area contributed by atoms with Crippen LogP contribution in [0.5, 0.6) is 11.5 Å². The van der Waals surface area contributed by atoms with Gasteiger partial charge in [0, 0.05) is 23.4 Å². The second-order valence-corrected chi connectivity index (χ2v) is 6.47. The maximum Gasteiger partial charge on any atom is 0.270 e. The fourth-order valence-corrected chi connectivity index (χ4v) is 2.76. The molecule has 0 heterocycles. The normalized spacial score (nSPS) is 10.4. The summed E-state index contributed by atoms with van der Waals surface area (Å²) in [5, 5.41) is 13.7. The van der Waals surface area contributed by atoms with E-state index in [1.807, 2.05) is 0 Å². The molecule has 0 aromatic heterocycles. The lowest BCUT2D eigenvalue weighted by Crippen LogP contribution is -2.20. The molecule has 8 heteroatoms. The minimum atomic E-state index is -0.505. The highest BCUT2D eigenvalue weighted by atomic mass is 19.1. The first-order valence-corrected chi connectivity index (χ1v) is 8.99. The van der Waals surface area contributed by atoms with Gasteiger partial charge >= 0.3 is 0 Å². The number of hydrogen-bond acceptors (Lipinski definition) is 5. The number of benzene rings is 3. The number of carbonyl (C=O) groups is 1. The molecule has 0 aliphatic heterocycles. The van der Waals surface area contributed by atoms with E-state index in [0.29, 0.717) is 33.9 Å². The molecule has 0 atom stereocenters. The first kappa shape index (κ1) is 20.8. The number of nitrogens with one attached hydrogen (secondary N) is 1. The van der Waals surface area contributed by atoms with Crippen LogP contribution in [0.4, 0.5) is 15.8 Å². The summed E-state index contributed by atoms with van der Waals surface area (Å²) in [5.74, 6) is 0.0236. The standard InChI is InChI=1S/C22H19FN2O5/c1-14-3-6-16(11-20(14)23)24-22(26)13-30-21-10-7-17(25(27)28)12-19(21)15-4-8-18(29-2)9-5-15/h3-12H,13H2,1-2H3,(H,24,26). The van der Waals surface area contributed by atoms with Crippen molar-refractivity contribution in [1.29, 1.82) is 0 Å². The number of methoxy groups -OCH3 is 1. The Labute approximate surface area is 172 Å². The van der Waals surface area contributed by atoms with E-state index in [4.69, 9.17) is 9.47 Å². The number of carbonyl (C=O) groups excluding carboxylic acids is 1. The van der Waals surface area contributed by atoms with Crippen molar-refractivity contribution in [2.24, 2.45) is 0 Å². The van der Waals surface area contributed by atoms with Crippen molar-refractivity contribution in [3.63, 3.8) is 0 Å². The molecule has 1 N–H and O–H groups in total. The lowest BCUT2D eigenvalue weighted by atomic mass is 10.0. The van der Waals surface area contributed by atoms with Gasteiger partial charge in [0.05, 0.1) is 12.0 Å². The highest BCUT2D eigenvalue weighted by Crippen LogP contribution is 2.34. The molecule has 0 fully saturated rings. The number of nitrogens with zero attached hydrogens (tertiary/aromatic N) is 1. The number of anilines is 1. The minimum Gasteiger partial charge on any atom is -0.497 e. The lowest BCUT2D eigenvalue weighted by Gasteiger charge is -2.12. The molecule has 1 amide bonds. The Bertz CT molecular complexity index is 1080. The monoisotopic (exact) mass is 410 g/mol. The van der Waals surface area contributed by atoms with Gasteiger partial charge in [-0.25, -0.2) is 4.39 Å². The molecule has 0 radical (unpaired) electrons. The molecule has 3 rings (SSSR count).